The van der Waals surface area contributed by atoms with Crippen LogP contribution in [0.25, 0.3) is 0 Å². The molecule has 1 saturated carbocycles. The number of ether oxygens (including phenoxy) is 1. The Bertz CT molecular complexity index is 335. The van der Waals surface area contributed by atoms with Crippen LogP contribution in [0.1, 0.15) is 47.0 Å². The lowest BCUT2D eigenvalue weighted by Crippen LogP contribution is -2.54. The van der Waals surface area contributed by atoms with Crippen molar-refractivity contribution in [2.75, 3.05) is 19.7 Å². The molecule has 1 aliphatic heterocycles. The van der Waals surface area contributed by atoms with Crippen LogP contribution in [0.4, 0.5) is 0 Å². The first-order chi connectivity index (χ1) is 8.69. The van der Waals surface area contributed by atoms with Gasteiger partial charge in [-0.3, -0.25) is 4.90 Å². The lowest BCUT2D eigenvalue weighted by atomic mass is 9.63. The second-order valence-corrected chi connectivity index (χ2v) is 7.76. The van der Waals surface area contributed by atoms with E-state index in [1.807, 2.05) is 0 Å². The summed E-state index contributed by atoms with van der Waals surface area (Å²) in [6.07, 6.45) is 2.90. The first kappa shape index (κ1) is 14.8. The van der Waals surface area contributed by atoms with Crippen molar-refractivity contribution < 1.29 is 14.6 Å². The van der Waals surface area contributed by atoms with Gasteiger partial charge in [0.15, 0.2) is 6.10 Å². The highest BCUT2D eigenvalue weighted by atomic mass is 16.5. The van der Waals surface area contributed by atoms with E-state index in [1.165, 1.54) is 6.42 Å². The summed E-state index contributed by atoms with van der Waals surface area (Å²) >= 11 is 0. The average Bonchev–Trinajstić information content (AvgIpc) is 2.25. The van der Waals surface area contributed by atoms with Crippen LogP contribution < -0.4 is 0 Å². The van der Waals surface area contributed by atoms with Crippen molar-refractivity contribution in [2.24, 2.45) is 10.8 Å². The lowest BCUT2D eigenvalue weighted by molar-refractivity contribution is -0.158. The molecule has 1 unspecified atom stereocenters. The van der Waals surface area contributed by atoms with Crippen molar-refractivity contribution in [1.82, 2.24) is 4.90 Å². The van der Waals surface area contributed by atoms with Crippen molar-refractivity contribution >= 4 is 5.97 Å². The molecule has 0 aromatic carbocycles. The summed E-state index contributed by atoms with van der Waals surface area (Å²) in [6.45, 7) is 11.2. The molecule has 4 heteroatoms. The number of carboxylic acid groups (broad SMARTS) is 1. The predicted octanol–water partition coefficient (Wildman–Crippen LogP) is 2.38. The molecule has 1 saturated heterocycles. The van der Waals surface area contributed by atoms with Crippen LogP contribution in [0.3, 0.4) is 0 Å². The maximum atomic E-state index is 11.1. The van der Waals surface area contributed by atoms with E-state index in [1.54, 1.807) is 0 Å². The number of morpholine rings is 1. The van der Waals surface area contributed by atoms with Crippen LogP contribution in [0.5, 0.6) is 0 Å². The maximum Gasteiger partial charge on any atom is 0.334 e. The number of rotatable bonds is 2. The highest BCUT2D eigenvalue weighted by Crippen LogP contribution is 2.47. The molecule has 1 aliphatic carbocycles. The SMILES string of the molecule is CC1(C)CC(N2CCOC(C(=O)O)C2)CC(C)(C)C1. The largest absolute Gasteiger partial charge is 0.479 e. The summed E-state index contributed by atoms with van der Waals surface area (Å²) in [5.74, 6) is -0.834. The molecule has 0 radical (unpaired) electrons. The van der Waals surface area contributed by atoms with Gasteiger partial charge in [-0.2, -0.15) is 0 Å². The van der Waals surface area contributed by atoms with Crippen LogP contribution in [-0.2, 0) is 9.53 Å². The maximum absolute atomic E-state index is 11.1. The first-order valence-corrected chi connectivity index (χ1v) is 7.27. The van der Waals surface area contributed by atoms with Crippen molar-refractivity contribution in [3.63, 3.8) is 0 Å². The van der Waals surface area contributed by atoms with E-state index in [0.29, 0.717) is 30.0 Å². The zero-order valence-electron chi connectivity index (χ0n) is 12.6. The summed E-state index contributed by atoms with van der Waals surface area (Å²) in [4.78, 5) is 13.4. The minimum atomic E-state index is -0.834. The Kier molecular flexibility index (Phi) is 3.94. The third-order valence-corrected chi connectivity index (χ3v) is 4.42. The van der Waals surface area contributed by atoms with Gasteiger partial charge in [-0.05, 0) is 30.1 Å². The van der Waals surface area contributed by atoms with Crippen molar-refractivity contribution in [2.45, 2.75) is 59.1 Å². The fourth-order valence-corrected chi connectivity index (χ4v) is 4.20. The van der Waals surface area contributed by atoms with Crippen molar-refractivity contribution in [1.29, 1.82) is 0 Å². The van der Waals surface area contributed by atoms with Gasteiger partial charge in [-0.15, -0.1) is 0 Å². The molecule has 0 aromatic heterocycles. The summed E-state index contributed by atoms with van der Waals surface area (Å²) < 4.78 is 5.32. The van der Waals surface area contributed by atoms with E-state index in [9.17, 15) is 4.79 Å². The molecule has 0 spiro atoms. The van der Waals surface area contributed by atoms with Gasteiger partial charge in [0.05, 0.1) is 6.61 Å². The summed E-state index contributed by atoms with van der Waals surface area (Å²) in [5.41, 5.74) is 0.673. The van der Waals surface area contributed by atoms with Crippen LogP contribution in [-0.4, -0.2) is 47.8 Å². The molecule has 2 fully saturated rings. The van der Waals surface area contributed by atoms with Crippen LogP contribution in [0.15, 0.2) is 0 Å². The van der Waals surface area contributed by atoms with E-state index in [2.05, 4.69) is 32.6 Å². The van der Waals surface area contributed by atoms with Gasteiger partial charge in [0, 0.05) is 19.1 Å². The quantitative estimate of drug-likeness (QED) is 0.836. The Balaban J connectivity index is 2.06. The van der Waals surface area contributed by atoms with Crippen molar-refractivity contribution in [3.05, 3.63) is 0 Å². The van der Waals surface area contributed by atoms with Gasteiger partial charge in [0.25, 0.3) is 0 Å². The second-order valence-electron chi connectivity index (χ2n) is 7.76. The number of hydrogen-bond acceptors (Lipinski definition) is 3. The van der Waals surface area contributed by atoms with E-state index >= 15 is 0 Å². The number of aliphatic carboxylic acids is 1. The number of carbonyl (C=O) groups is 1. The van der Waals surface area contributed by atoms with Gasteiger partial charge in [-0.1, -0.05) is 27.7 Å². The Labute approximate surface area is 116 Å². The third-order valence-electron chi connectivity index (χ3n) is 4.42. The molecular formula is C15H27NO3. The van der Waals surface area contributed by atoms with E-state index in [0.717, 1.165) is 19.4 Å². The van der Waals surface area contributed by atoms with Gasteiger partial charge in [-0.25, -0.2) is 4.79 Å². The Morgan fingerprint density at radius 3 is 2.32 bits per heavy atom. The van der Waals surface area contributed by atoms with Gasteiger partial charge >= 0.3 is 5.97 Å². The van der Waals surface area contributed by atoms with Crippen LogP contribution >= 0.6 is 0 Å². The molecule has 1 atom stereocenters. The minimum absolute atomic E-state index is 0.337. The second kappa shape index (κ2) is 5.06. The fraction of sp³-hybridized carbons (Fsp3) is 0.933. The van der Waals surface area contributed by atoms with Crippen LogP contribution in [0, 0.1) is 10.8 Å². The first-order valence-electron chi connectivity index (χ1n) is 7.27. The smallest absolute Gasteiger partial charge is 0.334 e. The molecule has 110 valence electrons. The number of carboxylic acids is 1. The highest BCUT2D eigenvalue weighted by molar-refractivity contribution is 5.72. The lowest BCUT2D eigenvalue weighted by Gasteiger charge is -2.49. The van der Waals surface area contributed by atoms with Gasteiger partial charge in [0.2, 0.25) is 0 Å². The zero-order chi connectivity index (χ0) is 14.3. The van der Waals surface area contributed by atoms with Crippen molar-refractivity contribution in [3.8, 4) is 0 Å². The Morgan fingerprint density at radius 2 is 1.79 bits per heavy atom. The van der Waals surface area contributed by atoms with Gasteiger partial charge in [0.1, 0.15) is 0 Å². The van der Waals surface area contributed by atoms with E-state index < -0.39 is 12.1 Å². The third kappa shape index (κ3) is 3.69. The highest BCUT2D eigenvalue weighted by Gasteiger charge is 2.42. The fourth-order valence-electron chi connectivity index (χ4n) is 4.20. The monoisotopic (exact) mass is 269 g/mol. The predicted molar refractivity (Wildman–Crippen MR) is 74.1 cm³/mol. The number of nitrogens with zero attached hydrogens (tertiary/aromatic N) is 1. The average molecular weight is 269 g/mol. The summed E-state index contributed by atoms with van der Waals surface area (Å²) in [5, 5.41) is 9.11. The normalized spacial score (nSPS) is 32.1. The summed E-state index contributed by atoms with van der Waals surface area (Å²) in [6, 6.07) is 0.490. The molecule has 19 heavy (non-hydrogen) atoms. The molecule has 1 heterocycles. The molecular weight excluding hydrogens is 242 g/mol. The molecule has 0 amide bonds. The van der Waals surface area contributed by atoms with E-state index in [4.69, 9.17) is 9.84 Å². The molecule has 0 bridgehead atoms. The Morgan fingerprint density at radius 1 is 1.21 bits per heavy atom. The molecule has 4 nitrogen and oxygen atoms in total. The topological polar surface area (TPSA) is 49.8 Å². The Hall–Kier alpha value is -0.610. The molecule has 0 aromatic rings. The summed E-state index contributed by atoms with van der Waals surface area (Å²) in [7, 11) is 0. The zero-order valence-corrected chi connectivity index (χ0v) is 12.6. The number of hydrogen-bond donors (Lipinski definition) is 1. The van der Waals surface area contributed by atoms with Crippen LogP contribution in [0.2, 0.25) is 0 Å². The van der Waals surface area contributed by atoms with E-state index in [-0.39, 0.29) is 0 Å². The minimum Gasteiger partial charge on any atom is -0.479 e. The van der Waals surface area contributed by atoms with Gasteiger partial charge < -0.3 is 9.84 Å². The molecule has 1 N–H and O–H groups in total. The molecule has 2 rings (SSSR count). The molecule has 2 aliphatic rings. The standard InChI is InChI=1S/C15H27NO3/c1-14(2)7-11(8-15(3,4)10-14)16-5-6-19-12(9-16)13(17)18/h11-12H,5-10H2,1-4H3,(H,17,18).